The van der Waals surface area contributed by atoms with Crippen molar-refractivity contribution in [2.75, 3.05) is 20.3 Å². The van der Waals surface area contributed by atoms with Gasteiger partial charge in [0.2, 0.25) is 0 Å². The summed E-state index contributed by atoms with van der Waals surface area (Å²) in [5.41, 5.74) is 0.758. The van der Waals surface area contributed by atoms with Crippen LogP contribution in [-0.4, -0.2) is 44.0 Å². The fraction of sp³-hybridized carbons (Fsp3) is 0.727. The number of thiazole rings is 1. The zero-order valence-corrected chi connectivity index (χ0v) is 12.8. The van der Waals surface area contributed by atoms with Gasteiger partial charge in [0.05, 0.1) is 23.9 Å². The molecule has 1 aromatic rings. The Hall–Kier alpha value is -0.540. The molecule has 108 valence electrons. The van der Waals surface area contributed by atoms with Gasteiger partial charge in [-0.05, 0) is 19.8 Å². The van der Waals surface area contributed by atoms with Crippen LogP contribution in [0.4, 0.5) is 0 Å². The second-order valence-electron chi connectivity index (χ2n) is 4.55. The molecule has 6 nitrogen and oxygen atoms in total. The molecule has 0 amide bonds. The zero-order valence-electron chi connectivity index (χ0n) is 11.1. The van der Waals surface area contributed by atoms with Gasteiger partial charge in [-0.3, -0.25) is 0 Å². The molecule has 0 saturated carbocycles. The first-order chi connectivity index (χ1) is 9.03. The molecule has 2 rings (SSSR count). The highest BCUT2D eigenvalue weighted by atomic mass is 32.2. The van der Waals surface area contributed by atoms with Gasteiger partial charge >= 0.3 is 0 Å². The highest BCUT2D eigenvalue weighted by Crippen LogP contribution is 2.20. The second-order valence-corrected chi connectivity index (χ2v) is 7.32. The molecule has 0 bridgehead atoms. The molecular weight excluding hydrogens is 286 g/mol. The van der Waals surface area contributed by atoms with E-state index >= 15 is 0 Å². The van der Waals surface area contributed by atoms with Gasteiger partial charge in [0.1, 0.15) is 0 Å². The molecule has 8 heteroatoms. The molecular formula is C11H19N3O3S2. The number of methoxy groups -OCH3 is 1. The Kier molecular flexibility index (Phi) is 4.91. The van der Waals surface area contributed by atoms with Crippen LogP contribution in [0.25, 0.3) is 0 Å². The van der Waals surface area contributed by atoms with Crippen molar-refractivity contribution in [1.82, 2.24) is 14.0 Å². The third kappa shape index (κ3) is 3.73. The van der Waals surface area contributed by atoms with Gasteiger partial charge < -0.3 is 4.74 Å². The van der Waals surface area contributed by atoms with Crippen LogP contribution in [0.15, 0.2) is 5.38 Å². The van der Waals surface area contributed by atoms with Gasteiger partial charge in [-0.2, -0.15) is 17.4 Å². The van der Waals surface area contributed by atoms with Crippen molar-refractivity contribution in [3.63, 3.8) is 0 Å². The molecule has 1 aliphatic heterocycles. The smallest absolute Gasteiger partial charge is 0.280 e. The number of nitrogens with zero attached hydrogens (tertiary/aromatic N) is 2. The van der Waals surface area contributed by atoms with Crippen molar-refractivity contribution in [2.24, 2.45) is 0 Å². The summed E-state index contributed by atoms with van der Waals surface area (Å²) in [5, 5.41) is 2.81. The largest absolute Gasteiger partial charge is 0.383 e. The Morgan fingerprint density at radius 2 is 2.42 bits per heavy atom. The Morgan fingerprint density at radius 3 is 3.05 bits per heavy atom. The fourth-order valence-electron chi connectivity index (χ4n) is 2.22. The average molecular weight is 305 g/mol. The molecule has 2 heterocycles. The lowest BCUT2D eigenvalue weighted by molar-refractivity contribution is 0.148. The van der Waals surface area contributed by atoms with Gasteiger partial charge in [-0.15, -0.1) is 11.3 Å². The van der Waals surface area contributed by atoms with Gasteiger partial charge in [0.15, 0.2) is 0 Å². The Labute approximate surface area is 118 Å². The minimum absolute atomic E-state index is 0.0559. The first-order valence-corrected chi connectivity index (χ1v) is 8.51. The van der Waals surface area contributed by atoms with Crippen molar-refractivity contribution in [1.29, 1.82) is 0 Å². The quantitative estimate of drug-likeness (QED) is 0.847. The summed E-state index contributed by atoms with van der Waals surface area (Å²) in [5.74, 6) is 0. The summed E-state index contributed by atoms with van der Waals surface area (Å²) >= 11 is 1.52. The standard InChI is InChI=1S/C11H19N3O3S2/c1-9-13-10(8-18-9)6-12-19(15,16)14-5-3-4-11(14)7-17-2/h8,11-12H,3-7H2,1-2H3/t11-/m0/s1. The second kappa shape index (κ2) is 6.27. The normalized spacial score (nSPS) is 21.1. The molecule has 1 fully saturated rings. The molecule has 0 aromatic carbocycles. The van der Waals surface area contributed by atoms with E-state index in [0.29, 0.717) is 13.2 Å². The van der Waals surface area contributed by atoms with Crippen LogP contribution in [0.2, 0.25) is 0 Å². The van der Waals surface area contributed by atoms with Crippen LogP contribution in [0, 0.1) is 6.92 Å². The molecule has 0 aliphatic carbocycles. The van der Waals surface area contributed by atoms with E-state index in [1.165, 1.54) is 15.6 Å². The van der Waals surface area contributed by atoms with E-state index in [0.717, 1.165) is 23.5 Å². The van der Waals surface area contributed by atoms with Crippen molar-refractivity contribution >= 4 is 21.5 Å². The molecule has 19 heavy (non-hydrogen) atoms. The minimum atomic E-state index is -3.45. The van der Waals surface area contributed by atoms with E-state index in [1.54, 1.807) is 7.11 Å². The summed E-state index contributed by atoms with van der Waals surface area (Å²) < 4.78 is 33.6. The molecule has 1 aromatic heterocycles. The van der Waals surface area contributed by atoms with Crippen LogP contribution in [0.1, 0.15) is 23.5 Å². The predicted molar refractivity (Wildman–Crippen MR) is 74.2 cm³/mol. The van der Waals surface area contributed by atoms with E-state index in [2.05, 4.69) is 9.71 Å². The summed E-state index contributed by atoms with van der Waals surface area (Å²) in [4.78, 5) is 4.24. The van der Waals surface area contributed by atoms with Crippen LogP contribution < -0.4 is 4.72 Å². The highest BCUT2D eigenvalue weighted by molar-refractivity contribution is 7.87. The molecule has 0 radical (unpaired) electrons. The van der Waals surface area contributed by atoms with Gasteiger partial charge in [0.25, 0.3) is 10.2 Å². The maximum Gasteiger partial charge on any atom is 0.280 e. The third-order valence-corrected chi connectivity index (χ3v) is 5.52. The monoisotopic (exact) mass is 305 g/mol. The van der Waals surface area contributed by atoms with E-state index in [-0.39, 0.29) is 12.6 Å². The molecule has 0 spiro atoms. The third-order valence-electron chi connectivity index (χ3n) is 3.09. The maximum atomic E-state index is 12.2. The lowest BCUT2D eigenvalue weighted by Gasteiger charge is -2.23. The number of hydrogen-bond acceptors (Lipinski definition) is 5. The average Bonchev–Trinajstić information content (AvgIpc) is 2.97. The predicted octanol–water partition coefficient (Wildman–Crippen LogP) is 0.897. The summed E-state index contributed by atoms with van der Waals surface area (Å²) in [6, 6.07) is -0.0559. The molecule has 1 atom stereocenters. The first-order valence-electron chi connectivity index (χ1n) is 6.19. The summed E-state index contributed by atoms with van der Waals surface area (Å²) in [6.45, 7) is 3.14. The van der Waals surface area contributed by atoms with Crippen LogP contribution >= 0.6 is 11.3 Å². The van der Waals surface area contributed by atoms with E-state index in [9.17, 15) is 8.42 Å². The summed E-state index contributed by atoms with van der Waals surface area (Å²) in [7, 11) is -1.86. The lowest BCUT2D eigenvalue weighted by Crippen LogP contribution is -2.44. The Morgan fingerprint density at radius 1 is 1.63 bits per heavy atom. The maximum absolute atomic E-state index is 12.2. The summed E-state index contributed by atoms with van der Waals surface area (Å²) in [6.07, 6.45) is 1.73. The van der Waals surface area contributed by atoms with Gasteiger partial charge in [-0.1, -0.05) is 0 Å². The molecule has 0 unspecified atom stereocenters. The molecule has 1 aliphatic rings. The fourth-order valence-corrected chi connectivity index (χ4v) is 4.26. The van der Waals surface area contributed by atoms with E-state index in [4.69, 9.17) is 4.74 Å². The minimum Gasteiger partial charge on any atom is -0.383 e. The van der Waals surface area contributed by atoms with Gasteiger partial charge in [0, 0.05) is 25.1 Å². The zero-order chi connectivity index (χ0) is 13.9. The van der Waals surface area contributed by atoms with Crippen molar-refractivity contribution in [2.45, 2.75) is 32.4 Å². The number of rotatable bonds is 6. The van der Waals surface area contributed by atoms with Crippen LogP contribution in [-0.2, 0) is 21.5 Å². The van der Waals surface area contributed by atoms with E-state index < -0.39 is 10.2 Å². The lowest BCUT2D eigenvalue weighted by atomic mass is 10.2. The molecule has 1 N–H and O–H groups in total. The topological polar surface area (TPSA) is 71.5 Å². The number of hydrogen-bond donors (Lipinski definition) is 1. The number of aryl methyl sites for hydroxylation is 1. The number of nitrogens with one attached hydrogen (secondary N) is 1. The SMILES string of the molecule is COC[C@@H]1CCCN1S(=O)(=O)NCc1csc(C)n1. The number of ether oxygens (including phenoxy) is 1. The van der Waals surface area contributed by atoms with Crippen LogP contribution in [0.3, 0.4) is 0 Å². The van der Waals surface area contributed by atoms with Crippen molar-refractivity contribution in [3.05, 3.63) is 16.1 Å². The highest BCUT2D eigenvalue weighted by Gasteiger charge is 2.33. The van der Waals surface area contributed by atoms with Crippen LogP contribution in [0.5, 0.6) is 0 Å². The number of aromatic nitrogens is 1. The molecule has 1 saturated heterocycles. The van der Waals surface area contributed by atoms with Gasteiger partial charge in [-0.25, -0.2) is 4.98 Å². The Balaban J connectivity index is 1.97. The van der Waals surface area contributed by atoms with Crippen molar-refractivity contribution in [3.8, 4) is 0 Å². The van der Waals surface area contributed by atoms with Crippen molar-refractivity contribution < 1.29 is 13.2 Å². The first kappa shape index (κ1) is 14.9. The Bertz CT molecular complexity index is 515. The van der Waals surface area contributed by atoms with E-state index in [1.807, 2.05) is 12.3 Å².